The molecule has 1 N–H and O–H groups in total. The van der Waals surface area contributed by atoms with E-state index < -0.39 is 4.92 Å². The van der Waals surface area contributed by atoms with Crippen LogP contribution in [0.15, 0.2) is 0 Å². The van der Waals surface area contributed by atoms with Crippen LogP contribution < -0.4 is 10.2 Å². The maximum Gasteiger partial charge on any atom is 0.332 e. The van der Waals surface area contributed by atoms with Gasteiger partial charge in [-0.2, -0.15) is 4.98 Å². The van der Waals surface area contributed by atoms with Gasteiger partial charge in [-0.1, -0.05) is 0 Å². The Hall–Kier alpha value is -1.96. The van der Waals surface area contributed by atoms with Crippen molar-refractivity contribution in [2.24, 2.45) is 0 Å². The quantitative estimate of drug-likeness (QED) is 0.644. The van der Waals surface area contributed by atoms with Crippen LogP contribution in [-0.4, -0.2) is 47.7 Å². The van der Waals surface area contributed by atoms with Gasteiger partial charge in [-0.3, -0.25) is 10.1 Å². The molecule has 1 saturated heterocycles. The topological polar surface area (TPSA) is 93.4 Å². The highest BCUT2D eigenvalue weighted by Crippen LogP contribution is 2.31. The van der Waals surface area contributed by atoms with Gasteiger partial charge in [-0.05, 0) is 13.8 Å². The second kappa shape index (κ2) is 5.35. The number of nitro groups is 1. The van der Waals surface area contributed by atoms with E-state index in [0.717, 1.165) is 0 Å². The molecule has 1 fully saturated rings. The van der Waals surface area contributed by atoms with E-state index in [-0.39, 0.29) is 11.7 Å². The van der Waals surface area contributed by atoms with Crippen LogP contribution in [0.2, 0.25) is 0 Å². The van der Waals surface area contributed by atoms with Crippen molar-refractivity contribution in [2.45, 2.75) is 19.9 Å². The number of morpholine rings is 1. The van der Waals surface area contributed by atoms with Gasteiger partial charge in [-0.15, -0.1) is 0 Å². The summed E-state index contributed by atoms with van der Waals surface area (Å²) >= 11 is 0. The normalized spacial score (nSPS) is 19.3. The molecule has 0 bridgehead atoms. The Morgan fingerprint density at radius 2 is 2.26 bits per heavy atom. The van der Waals surface area contributed by atoms with Crippen LogP contribution in [0.5, 0.6) is 0 Å². The van der Waals surface area contributed by atoms with E-state index in [2.05, 4.69) is 15.3 Å². The van der Waals surface area contributed by atoms with Gasteiger partial charge < -0.3 is 15.0 Å². The molecule has 0 aliphatic carbocycles. The lowest BCUT2D eigenvalue weighted by atomic mass is 10.2. The minimum Gasteiger partial charge on any atom is -0.377 e. The van der Waals surface area contributed by atoms with E-state index in [9.17, 15) is 10.1 Å². The zero-order valence-electron chi connectivity index (χ0n) is 11.2. The lowest BCUT2D eigenvalue weighted by Crippen LogP contribution is -2.44. The van der Waals surface area contributed by atoms with Crippen LogP contribution in [0, 0.1) is 17.0 Å². The van der Waals surface area contributed by atoms with Gasteiger partial charge in [0.2, 0.25) is 11.8 Å². The highest BCUT2D eigenvalue weighted by molar-refractivity contribution is 5.63. The molecule has 1 aliphatic heterocycles. The fraction of sp³-hybridized carbons (Fsp3) is 0.636. The van der Waals surface area contributed by atoms with Gasteiger partial charge >= 0.3 is 5.69 Å². The minimum atomic E-state index is -0.424. The predicted molar refractivity (Wildman–Crippen MR) is 70.6 cm³/mol. The first-order chi connectivity index (χ1) is 9.04. The first-order valence-corrected chi connectivity index (χ1v) is 6.09. The number of nitrogens with zero attached hydrogens (tertiary/aromatic N) is 4. The van der Waals surface area contributed by atoms with Crippen LogP contribution >= 0.6 is 0 Å². The van der Waals surface area contributed by atoms with E-state index in [1.165, 1.54) is 0 Å². The molecule has 0 aromatic carbocycles. The van der Waals surface area contributed by atoms with Gasteiger partial charge in [0.25, 0.3) is 0 Å². The number of hydrogen-bond donors (Lipinski definition) is 1. The van der Waals surface area contributed by atoms with E-state index in [1.54, 1.807) is 14.0 Å². The number of aromatic nitrogens is 2. The van der Waals surface area contributed by atoms with Crippen molar-refractivity contribution < 1.29 is 9.66 Å². The average Bonchev–Trinajstić information content (AvgIpc) is 2.37. The SMILES string of the molecule is CNc1nc(C)c([N+](=O)[O-])c(N2CCOCC2C)n1. The number of ether oxygens (including phenoxy) is 1. The highest BCUT2D eigenvalue weighted by atomic mass is 16.6. The average molecular weight is 267 g/mol. The van der Waals surface area contributed by atoms with Gasteiger partial charge in [0.15, 0.2) is 0 Å². The van der Waals surface area contributed by atoms with E-state index in [0.29, 0.717) is 37.2 Å². The lowest BCUT2D eigenvalue weighted by molar-refractivity contribution is -0.385. The van der Waals surface area contributed by atoms with Crippen molar-refractivity contribution in [3.05, 3.63) is 15.8 Å². The summed E-state index contributed by atoms with van der Waals surface area (Å²) in [6, 6.07) is 0.0476. The Kier molecular flexibility index (Phi) is 3.79. The number of nitrogens with one attached hydrogen (secondary N) is 1. The van der Waals surface area contributed by atoms with Crippen molar-refractivity contribution >= 4 is 17.5 Å². The molecule has 1 unspecified atom stereocenters. The Labute approximate surface area is 110 Å². The first-order valence-electron chi connectivity index (χ1n) is 6.09. The largest absolute Gasteiger partial charge is 0.377 e. The predicted octanol–water partition coefficient (Wildman–Crippen LogP) is 0.960. The highest BCUT2D eigenvalue weighted by Gasteiger charge is 2.30. The van der Waals surface area contributed by atoms with E-state index in [4.69, 9.17) is 4.74 Å². The van der Waals surface area contributed by atoms with Crippen molar-refractivity contribution in [2.75, 3.05) is 37.0 Å². The van der Waals surface area contributed by atoms with E-state index >= 15 is 0 Å². The summed E-state index contributed by atoms with van der Waals surface area (Å²) in [7, 11) is 1.69. The summed E-state index contributed by atoms with van der Waals surface area (Å²) in [6.07, 6.45) is 0. The van der Waals surface area contributed by atoms with Crippen LogP contribution in [0.1, 0.15) is 12.6 Å². The molecular weight excluding hydrogens is 250 g/mol. The third-order valence-electron chi connectivity index (χ3n) is 3.09. The summed E-state index contributed by atoms with van der Waals surface area (Å²) in [4.78, 5) is 21.0. The zero-order chi connectivity index (χ0) is 14.0. The fourth-order valence-corrected chi connectivity index (χ4v) is 2.12. The molecule has 0 radical (unpaired) electrons. The van der Waals surface area contributed by atoms with Crippen LogP contribution in [0.3, 0.4) is 0 Å². The molecule has 8 heteroatoms. The van der Waals surface area contributed by atoms with E-state index in [1.807, 2.05) is 11.8 Å². The van der Waals surface area contributed by atoms with Gasteiger partial charge in [0, 0.05) is 13.6 Å². The number of rotatable bonds is 3. The van der Waals surface area contributed by atoms with Crippen molar-refractivity contribution in [3.8, 4) is 0 Å². The van der Waals surface area contributed by atoms with Crippen LogP contribution in [-0.2, 0) is 4.74 Å². The summed E-state index contributed by atoms with van der Waals surface area (Å²) in [6.45, 7) is 5.24. The third-order valence-corrected chi connectivity index (χ3v) is 3.09. The standard InChI is InChI=1S/C11H17N5O3/c1-7-6-19-5-4-15(7)10-9(16(17)18)8(2)13-11(12-3)14-10/h7H,4-6H2,1-3H3,(H,12,13,14). The number of hydrogen-bond acceptors (Lipinski definition) is 7. The molecule has 2 heterocycles. The molecule has 1 aliphatic rings. The molecule has 8 nitrogen and oxygen atoms in total. The molecule has 104 valence electrons. The molecule has 19 heavy (non-hydrogen) atoms. The Bertz CT molecular complexity index is 493. The maximum atomic E-state index is 11.2. The molecule has 1 aromatic heterocycles. The summed E-state index contributed by atoms with van der Waals surface area (Å²) in [5, 5.41) is 14.1. The van der Waals surface area contributed by atoms with Gasteiger partial charge in [0.05, 0.1) is 24.2 Å². The molecule has 1 aromatic rings. The number of anilines is 2. The summed E-state index contributed by atoms with van der Waals surface area (Å²) in [5.74, 6) is 0.745. The van der Waals surface area contributed by atoms with Crippen molar-refractivity contribution in [1.29, 1.82) is 0 Å². The fourth-order valence-electron chi connectivity index (χ4n) is 2.12. The number of aryl methyl sites for hydroxylation is 1. The Morgan fingerprint density at radius 3 is 2.84 bits per heavy atom. The maximum absolute atomic E-state index is 11.2. The summed E-state index contributed by atoms with van der Waals surface area (Å²) in [5.41, 5.74) is 0.325. The second-order valence-electron chi connectivity index (χ2n) is 4.43. The molecule has 0 spiro atoms. The Morgan fingerprint density at radius 1 is 1.53 bits per heavy atom. The third kappa shape index (κ3) is 2.58. The zero-order valence-corrected chi connectivity index (χ0v) is 11.2. The van der Waals surface area contributed by atoms with Crippen molar-refractivity contribution in [1.82, 2.24) is 9.97 Å². The van der Waals surface area contributed by atoms with Gasteiger partial charge in [-0.25, -0.2) is 4.98 Å². The minimum absolute atomic E-state index is 0.0345. The van der Waals surface area contributed by atoms with Crippen LogP contribution in [0.4, 0.5) is 17.5 Å². The van der Waals surface area contributed by atoms with Gasteiger partial charge in [0.1, 0.15) is 5.69 Å². The molecule has 2 rings (SSSR count). The first kappa shape index (κ1) is 13.5. The summed E-state index contributed by atoms with van der Waals surface area (Å²) < 4.78 is 5.35. The second-order valence-corrected chi connectivity index (χ2v) is 4.43. The lowest BCUT2D eigenvalue weighted by Gasteiger charge is -2.34. The Balaban J connectivity index is 2.52. The van der Waals surface area contributed by atoms with Crippen LogP contribution in [0.25, 0.3) is 0 Å². The smallest absolute Gasteiger partial charge is 0.332 e. The molecular formula is C11H17N5O3. The molecule has 1 atom stereocenters. The molecule has 0 saturated carbocycles. The monoisotopic (exact) mass is 267 g/mol. The molecule has 0 amide bonds. The van der Waals surface area contributed by atoms with Crippen molar-refractivity contribution in [3.63, 3.8) is 0 Å².